The lowest BCUT2D eigenvalue weighted by molar-refractivity contribution is -0.116. The summed E-state index contributed by atoms with van der Waals surface area (Å²) >= 11 is 0. The minimum atomic E-state index is -0.125. The average molecular weight is 279 g/mol. The number of benzene rings is 1. The normalized spacial score (nSPS) is 15.2. The van der Waals surface area contributed by atoms with Gasteiger partial charge in [-0.25, -0.2) is 4.98 Å². The van der Waals surface area contributed by atoms with Crippen molar-refractivity contribution in [2.75, 3.05) is 18.0 Å². The summed E-state index contributed by atoms with van der Waals surface area (Å²) in [6.45, 7) is 0.972. The Balaban J connectivity index is 2.01. The number of anilines is 1. The van der Waals surface area contributed by atoms with Gasteiger partial charge in [-0.15, -0.1) is 0 Å². The number of nitrogens with zero attached hydrogens (tertiary/aromatic N) is 3. The third-order valence-corrected chi connectivity index (χ3v) is 3.90. The third-order valence-electron chi connectivity index (χ3n) is 3.90. The molecule has 0 saturated carbocycles. The fourth-order valence-corrected chi connectivity index (χ4v) is 2.80. The van der Waals surface area contributed by atoms with Gasteiger partial charge in [-0.05, 0) is 11.5 Å². The highest BCUT2D eigenvalue weighted by Gasteiger charge is 2.21. The van der Waals surface area contributed by atoms with Gasteiger partial charge < -0.3 is 4.90 Å². The molecule has 1 aliphatic heterocycles. The molecule has 1 aromatic carbocycles. The average Bonchev–Trinajstić information content (AvgIpc) is 2.93. The number of Topliss-reactive ketones (excluding diaryl/α,β-unsaturated/α-hetero) is 1. The monoisotopic (exact) mass is 279 g/mol. The molecule has 4 rings (SSSR count). The Morgan fingerprint density at radius 1 is 1.10 bits per heavy atom. The smallest absolute Gasteiger partial charge is 0.259 e. The third kappa shape index (κ3) is 1.89. The standard InChI is InChI=1S/C16H13N3O2/c20-12-6-7-18(10-12)14-9-15(21)19-8-5-11-3-1-2-4-13(11)16(19)17-14/h1-5,8-9H,6-7,10H2. The maximum absolute atomic E-state index is 12.3. The summed E-state index contributed by atoms with van der Waals surface area (Å²) in [5.41, 5.74) is 0.509. The number of carbonyl (C=O) groups is 1. The van der Waals surface area contributed by atoms with E-state index in [2.05, 4.69) is 4.98 Å². The van der Waals surface area contributed by atoms with E-state index in [-0.39, 0.29) is 11.3 Å². The molecule has 0 radical (unpaired) electrons. The van der Waals surface area contributed by atoms with Crippen LogP contribution in [0.2, 0.25) is 0 Å². The number of hydrogen-bond acceptors (Lipinski definition) is 4. The minimum absolute atomic E-state index is 0.125. The van der Waals surface area contributed by atoms with E-state index < -0.39 is 0 Å². The number of hydrogen-bond donors (Lipinski definition) is 0. The fourth-order valence-electron chi connectivity index (χ4n) is 2.80. The quantitative estimate of drug-likeness (QED) is 0.635. The maximum atomic E-state index is 12.3. The van der Waals surface area contributed by atoms with Crippen LogP contribution >= 0.6 is 0 Å². The fraction of sp³-hybridized carbons (Fsp3) is 0.188. The Morgan fingerprint density at radius 3 is 2.76 bits per heavy atom. The van der Waals surface area contributed by atoms with Crippen LogP contribution in [0.25, 0.3) is 16.4 Å². The molecule has 0 amide bonds. The van der Waals surface area contributed by atoms with Gasteiger partial charge in [0, 0.05) is 30.6 Å². The van der Waals surface area contributed by atoms with Crippen LogP contribution in [0.5, 0.6) is 0 Å². The predicted molar refractivity (Wildman–Crippen MR) is 80.8 cm³/mol. The molecule has 0 atom stereocenters. The SMILES string of the molecule is O=C1CCN(c2cc(=O)n3ccc4ccccc4c3n2)C1. The van der Waals surface area contributed by atoms with Crippen LogP contribution in [-0.4, -0.2) is 28.3 Å². The Hall–Kier alpha value is -2.69. The molecule has 104 valence electrons. The minimum Gasteiger partial charge on any atom is -0.349 e. The highest BCUT2D eigenvalue weighted by Crippen LogP contribution is 2.20. The molecule has 3 heterocycles. The molecule has 0 aliphatic carbocycles. The summed E-state index contributed by atoms with van der Waals surface area (Å²) in [4.78, 5) is 30.2. The van der Waals surface area contributed by atoms with Crippen molar-refractivity contribution in [1.29, 1.82) is 0 Å². The van der Waals surface area contributed by atoms with Gasteiger partial charge in [0.25, 0.3) is 5.56 Å². The molecule has 5 heteroatoms. The summed E-state index contributed by atoms with van der Waals surface area (Å²) < 4.78 is 1.55. The summed E-state index contributed by atoms with van der Waals surface area (Å²) in [5, 5.41) is 1.98. The van der Waals surface area contributed by atoms with Crippen molar-refractivity contribution in [2.24, 2.45) is 0 Å². The number of fused-ring (bicyclic) bond motifs is 3. The van der Waals surface area contributed by atoms with Crippen LogP contribution in [0.3, 0.4) is 0 Å². The Morgan fingerprint density at radius 2 is 1.95 bits per heavy atom. The van der Waals surface area contributed by atoms with E-state index in [4.69, 9.17) is 0 Å². The van der Waals surface area contributed by atoms with Crippen molar-refractivity contribution in [3.05, 3.63) is 52.9 Å². The molecule has 2 aromatic heterocycles. The van der Waals surface area contributed by atoms with E-state index in [0.29, 0.717) is 31.0 Å². The second-order valence-electron chi connectivity index (χ2n) is 5.26. The first-order chi connectivity index (χ1) is 10.2. The highest BCUT2D eigenvalue weighted by molar-refractivity contribution is 5.94. The van der Waals surface area contributed by atoms with Gasteiger partial charge in [-0.1, -0.05) is 24.3 Å². The van der Waals surface area contributed by atoms with Crippen molar-refractivity contribution >= 4 is 28.0 Å². The lowest BCUT2D eigenvalue weighted by atomic mass is 10.2. The molecule has 1 saturated heterocycles. The first kappa shape index (κ1) is 12.1. The molecule has 5 nitrogen and oxygen atoms in total. The molecule has 1 fully saturated rings. The molecular weight excluding hydrogens is 266 g/mol. The largest absolute Gasteiger partial charge is 0.349 e. The summed E-state index contributed by atoms with van der Waals surface area (Å²) in [7, 11) is 0. The van der Waals surface area contributed by atoms with Crippen LogP contribution in [0.15, 0.2) is 47.4 Å². The second-order valence-corrected chi connectivity index (χ2v) is 5.26. The number of pyridine rings is 1. The Kier molecular flexibility index (Phi) is 2.54. The van der Waals surface area contributed by atoms with E-state index >= 15 is 0 Å². The van der Waals surface area contributed by atoms with Crippen LogP contribution in [0.1, 0.15) is 6.42 Å². The zero-order valence-corrected chi connectivity index (χ0v) is 11.3. The zero-order chi connectivity index (χ0) is 14.4. The van der Waals surface area contributed by atoms with E-state index in [1.165, 1.54) is 6.07 Å². The Bertz CT molecular complexity index is 930. The molecule has 0 unspecified atom stereocenters. The van der Waals surface area contributed by atoms with Gasteiger partial charge in [0.05, 0.1) is 6.54 Å². The molecule has 1 aliphatic rings. The molecule has 21 heavy (non-hydrogen) atoms. The van der Waals surface area contributed by atoms with Crippen molar-refractivity contribution in [3.8, 4) is 0 Å². The van der Waals surface area contributed by atoms with E-state index in [1.807, 2.05) is 35.2 Å². The topological polar surface area (TPSA) is 54.7 Å². The number of ketones is 1. The summed E-state index contributed by atoms with van der Waals surface area (Å²) in [6.07, 6.45) is 2.27. The molecular formula is C16H13N3O2. The lowest BCUT2D eigenvalue weighted by Gasteiger charge is -2.16. The maximum Gasteiger partial charge on any atom is 0.259 e. The van der Waals surface area contributed by atoms with E-state index in [0.717, 1.165) is 10.8 Å². The van der Waals surface area contributed by atoms with Crippen LogP contribution in [0.4, 0.5) is 5.82 Å². The molecule has 3 aromatic rings. The number of carbonyl (C=O) groups excluding carboxylic acids is 1. The van der Waals surface area contributed by atoms with Crippen molar-refractivity contribution in [3.63, 3.8) is 0 Å². The van der Waals surface area contributed by atoms with E-state index in [9.17, 15) is 9.59 Å². The van der Waals surface area contributed by atoms with Crippen LogP contribution < -0.4 is 10.5 Å². The number of rotatable bonds is 1. The summed E-state index contributed by atoms with van der Waals surface area (Å²) in [5.74, 6) is 0.775. The molecule has 0 spiro atoms. The highest BCUT2D eigenvalue weighted by atomic mass is 16.1. The first-order valence-corrected chi connectivity index (χ1v) is 6.90. The van der Waals surface area contributed by atoms with Crippen molar-refractivity contribution in [2.45, 2.75) is 6.42 Å². The van der Waals surface area contributed by atoms with Gasteiger partial charge in [-0.2, -0.15) is 0 Å². The second kappa shape index (κ2) is 4.41. The van der Waals surface area contributed by atoms with Crippen molar-refractivity contribution in [1.82, 2.24) is 9.38 Å². The van der Waals surface area contributed by atoms with Crippen molar-refractivity contribution < 1.29 is 4.79 Å². The predicted octanol–water partition coefficient (Wildman–Crippen LogP) is 1.63. The van der Waals surface area contributed by atoms with Gasteiger partial charge in [-0.3, -0.25) is 14.0 Å². The van der Waals surface area contributed by atoms with Gasteiger partial charge >= 0.3 is 0 Å². The van der Waals surface area contributed by atoms with Gasteiger partial charge in [0.1, 0.15) is 11.5 Å². The van der Waals surface area contributed by atoms with Crippen LogP contribution in [-0.2, 0) is 4.79 Å². The first-order valence-electron chi connectivity index (χ1n) is 6.90. The van der Waals surface area contributed by atoms with Gasteiger partial charge in [0.15, 0.2) is 5.78 Å². The molecule has 0 bridgehead atoms. The lowest BCUT2D eigenvalue weighted by Crippen LogP contribution is -2.24. The zero-order valence-electron chi connectivity index (χ0n) is 11.3. The van der Waals surface area contributed by atoms with Gasteiger partial charge in [0.2, 0.25) is 0 Å². The van der Waals surface area contributed by atoms with Crippen LogP contribution in [0, 0.1) is 0 Å². The van der Waals surface area contributed by atoms with E-state index in [1.54, 1.807) is 10.6 Å². The molecule has 0 N–H and O–H groups in total. The summed E-state index contributed by atoms with van der Waals surface area (Å²) in [6, 6.07) is 11.2. The Labute approximate surface area is 120 Å². The number of aromatic nitrogens is 2.